The highest BCUT2D eigenvalue weighted by molar-refractivity contribution is 9.10. The van der Waals surface area contributed by atoms with Gasteiger partial charge in [0.1, 0.15) is 17.7 Å². The van der Waals surface area contributed by atoms with Crippen molar-refractivity contribution in [1.29, 1.82) is 0 Å². The molecule has 144 valence electrons. The van der Waals surface area contributed by atoms with E-state index in [2.05, 4.69) is 125 Å². The fourth-order valence-electron chi connectivity index (χ4n) is 4.62. The van der Waals surface area contributed by atoms with Gasteiger partial charge in [0.15, 0.2) is 0 Å². The molecule has 0 heterocycles. The third-order valence-electron chi connectivity index (χ3n) is 6.06. The first kappa shape index (κ1) is 18.3. The number of rotatable bonds is 2. The molecular formula is C30H18Br+. The summed E-state index contributed by atoms with van der Waals surface area (Å²) in [5.41, 5.74) is 7.45. The molecule has 0 aromatic heterocycles. The van der Waals surface area contributed by atoms with E-state index in [1.807, 2.05) is 6.08 Å². The van der Waals surface area contributed by atoms with Gasteiger partial charge in [-0.2, -0.15) is 0 Å². The molecular weight excluding hydrogens is 440 g/mol. The summed E-state index contributed by atoms with van der Waals surface area (Å²) in [7, 11) is 0. The van der Waals surface area contributed by atoms with Gasteiger partial charge in [0, 0.05) is 22.2 Å². The van der Waals surface area contributed by atoms with E-state index < -0.39 is 0 Å². The second-order valence-electron chi connectivity index (χ2n) is 7.81. The minimum Gasteiger partial charge on any atom is -0.0622 e. The molecule has 1 aliphatic rings. The molecule has 0 bridgehead atoms. The molecule has 0 aliphatic heterocycles. The van der Waals surface area contributed by atoms with Crippen molar-refractivity contribution in [3.05, 3.63) is 119 Å². The van der Waals surface area contributed by atoms with Crippen LogP contribution in [0.4, 0.5) is 0 Å². The lowest BCUT2D eigenvalue weighted by Gasteiger charge is -2.16. The molecule has 0 saturated carbocycles. The molecule has 6 rings (SSSR count). The van der Waals surface area contributed by atoms with Gasteiger partial charge in [-0.3, -0.25) is 0 Å². The van der Waals surface area contributed by atoms with E-state index in [-0.39, 0.29) is 0 Å². The monoisotopic (exact) mass is 457 g/mol. The highest BCUT2D eigenvalue weighted by Crippen LogP contribution is 2.43. The summed E-state index contributed by atoms with van der Waals surface area (Å²) in [6, 6.07) is 32.7. The number of hydrogen-bond acceptors (Lipinski definition) is 0. The Hall–Kier alpha value is -3.51. The van der Waals surface area contributed by atoms with Crippen molar-refractivity contribution >= 4 is 49.6 Å². The summed E-state index contributed by atoms with van der Waals surface area (Å²) < 4.78 is 1.15. The van der Waals surface area contributed by atoms with E-state index in [0.717, 1.165) is 4.47 Å². The fourth-order valence-corrected chi connectivity index (χ4v) is 5.32. The lowest BCUT2D eigenvalue weighted by molar-refractivity contribution is 1.56. The largest absolute Gasteiger partial charge is 0.111 e. The number of fused-ring (bicyclic) bond motifs is 3. The zero-order chi connectivity index (χ0) is 20.8. The standard InChI is InChI=1S/C30H18Br/c31-30-26-15-7-6-14-25(26)29(21-10-2-1-3-11-21)28-19-22(17-18-27(28)30)24-16-8-12-20-9-4-5-13-23(20)24/h1-3,5-19H/q+1. The van der Waals surface area contributed by atoms with Crippen LogP contribution in [0.1, 0.15) is 11.1 Å². The smallest absolute Gasteiger partial charge is 0.0622 e. The molecule has 5 aromatic rings. The van der Waals surface area contributed by atoms with Crippen LogP contribution in [0.25, 0.3) is 56.0 Å². The second-order valence-corrected chi connectivity index (χ2v) is 8.61. The van der Waals surface area contributed by atoms with Gasteiger partial charge in [0.25, 0.3) is 0 Å². The van der Waals surface area contributed by atoms with E-state index in [9.17, 15) is 0 Å². The molecule has 0 atom stereocenters. The van der Waals surface area contributed by atoms with Crippen molar-refractivity contribution in [2.75, 3.05) is 0 Å². The normalized spacial score (nSPS) is 12.2. The van der Waals surface area contributed by atoms with Gasteiger partial charge in [0.05, 0.1) is 11.6 Å². The van der Waals surface area contributed by atoms with E-state index >= 15 is 0 Å². The quantitative estimate of drug-likeness (QED) is 0.183. The van der Waals surface area contributed by atoms with Gasteiger partial charge in [-0.05, 0) is 66.3 Å². The minimum absolute atomic E-state index is 1.15. The summed E-state index contributed by atoms with van der Waals surface area (Å²) in [5, 5.41) is 4.99. The van der Waals surface area contributed by atoms with Crippen LogP contribution >= 0.6 is 15.9 Å². The molecule has 0 saturated heterocycles. The second kappa shape index (κ2) is 7.32. The molecule has 0 fully saturated rings. The lowest BCUT2D eigenvalue weighted by atomic mass is 9.88. The fraction of sp³-hybridized carbons (Fsp3) is 0. The third-order valence-corrected chi connectivity index (χ3v) is 6.91. The number of halogens is 1. The van der Waals surface area contributed by atoms with E-state index in [0.29, 0.717) is 0 Å². The predicted molar refractivity (Wildman–Crippen MR) is 137 cm³/mol. The first-order valence-electron chi connectivity index (χ1n) is 10.4. The maximum atomic E-state index is 3.91. The van der Waals surface area contributed by atoms with Gasteiger partial charge in [-0.1, -0.05) is 72.8 Å². The van der Waals surface area contributed by atoms with Crippen LogP contribution in [-0.4, -0.2) is 0 Å². The van der Waals surface area contributed by atoms with Gasteiger partial charge in [-0.15, -0.1) is 0 Å². The summed E-state index contributed by atoms with van der Waals surface area (Å²) in [5.74, 6) is 0. The Balaban J connectivity index is 1.72. The molecule has 0 N–H and O–H groups in total. The van der Waals surface area contributed by atoms with Crippen molar-refractivity contribution < 1.29 is 0 Å². The van der Waals surface area contributed by atoms with Gasteiger partial charge < -0.3 is 0 Å². The van der Waals surface area contributed by atoms with Gasteiger partial charge >= 0.3 is 0 Å². The van der Waals surface area contributed by atoms with Crippen LogP contribution < -0.4 is 0 Å². The summed E-state index contributed by atoms with van der Waals surface area (Å²) in [6.45, 7) is 0. The van der Waals surface area contributed by atoms with Crippen molar-refractivity contribution in [1.82, 2.24) is 0 Å². The van der Waals surface area contributed by atoms with Crippen molar-refractivity contribution in [2.45, 2.75) is 0 Å². The topological polar surface area (TPSA) is 0 Å². The molecule has 5 aromatic carbocycles. The van der Waals surface area contributed by atoms with Crippen LogP contribution in [0.5, 0.6) is 0 Å². The van der Waals surface area contributed by atoms with Crippen LogP contribution in [-0.2, 0) is 0 Å². The van der Waals surface area contributed by atoms with E-state index in [1.54, 1.807) is 0 Å². The van der Waals surface area contributed by atoms with Crippen LogP contribution in [0.2, 0.25) is 0 Å². The Morgan fingerprint density at radius 2 is 1.39 bits per heavy atom. The third kappa shape index (κ3) is 2.94. The summed E-state index contributed by atoms with van der Waals surface area (Å²) in [4.78, 5) is 0. The van der Waals surface area contributed by atoms with E-state index in [1.165, 1.54) is 54.9 Å². The average Bonchev–Trinajstić information content (AvgIpc) is 2.84. The molecule has 1 heteroatoms. The molecule has 1 aliphatic carbocycles. The van der Waals surface area contributed by atoms with E-state index in [4.69, 9.17) is 0 Å². The van der Waals surface area contributed by atoms with Gasteiger partial charge in [-0.25, -0.2) is 0 Å². The molecule has 0 spiro atoms. The SMILES string of the molecule is Brc1c2ccccc2c(-c2ccccc2)c2cc(-c3cccc4c3C=C[C+]=C4)ccc12. The molecule has 31 heavy (non-hydrogen) atoms. The van der Waals surface area contributed by atoms with Gasteiger partial charge in [0.2, 0.25) is 0 Å². The Bertz CT molecular complexity index is 1520. The lowest BCUT2D eigenvalue weighted by Crippen LogP contribution is -1.92. The molecule has 0 nitrogen and oxygen atoms in total. The zero-order valence-electron chi connectivity index (χ0n) is 16.8. The first-order valence-corrected chi connectivity index (χ1v) is 11.2. The van der Waals surface area contributed by atoms with Crippen LogP contribution in [0.3, 0.4) is 0 Å². The Morgan fingerprint density at radius 1 is 0.613 bits per heavy atom. The summed E-state index contributed by atoms with van der Waals surface area (Å²) in [6.07, 6.45) is 9.40. The highest BCUT2D eigenvalue weighted by atomic mass is 79.9. The number of allylic oxidation sites excluding steroid dienone is 2. The van der Waals surface area contributed by atoms with Crippen molar-refractivity contribution in [3.8, 4) is 22.3 Å². The molecule has 0 amide bonds. The number of hydrogen-bond donors (Lipinski definition) is 0. The predicted octanol–water partition coefficient (Wildman–Crippen LogP) is 8.93. The average molecular weight is 458 g/mol. The number of benzene rings is 5. The first-order chi connectivity index (χ1) is 15.3. The maximum absolute atomic E-state index is 3.91. The highest BCUT2D eigenvalue weighted by Gasteiger charge is 2.18. The Kier molecular flexibility index (Phi) is 4.32. The van der Waals surface area contributed by atoms with Crippen molar-refractivity contribution in [2.24, 2.45) is 0 Å². The molecule has 0 radical (unpaired) electrons. The van der Waals surface area contributed by atoms with Crippen LogP contribution in [0.15, 0.2) is 102 Å². The summed E-state index contributed by atoms with van der Waals surface area (Å²) >= 11 is 3.91. The Labute approximate surface area is 190 Å². The zero-order valence-corrected chi connectivity index (χ0v) is 18.4. The maximum Gasteiger partial charge on any atom is 0.111 e. The minimum atomic E-state index is 1.15. The Morgan fingerprint density at radius 3 is 2.26 bits per heavy atom. The van der Waals surface area contributed by atoms with Crippen LogP contribution in [0, 0.1) is 6.08 Å². The molecule has 0 unspecified atom stereocenters. The van der Waals surface area contributed by atoms with Crippen molar-refractivity contribution in [3.63, 3.8) is 0 Å².